The molecule has 0 unspecified atom stereocenters. The highest BCUT2D eigenvalue weighted by Gasteiger charge is 2.20. The Balaban J connectivity index is 2.34. The molecule has 0 atom stereocenters. The SMILES string of the molecule is COc1ccccc1NS(=O)(=O)c1cc(C(=O)NCC(C)C)ccc1C. The molecule has 0 fully saturated rings. The standard InChI is InChI=1S/C19H24N2O4S/c1-13(2)12-20-19(22)15-10-9-14(3)18(11-15)26(23,24)21-16-7-5-6-8-17(16)25-4/h5-11,13,21H,12H2,1-4H3,(H,20,22). The number of amides is 1. The summed E-state index contributed by atoms with van der Waals surface area (Å²) >= 11 is 0. The van der Waals surface area contributed by atoms with Gasteiger partial charge in [-0.1, -0.05) is 32.0 Å². The van der Waals surface area contributed by atoms with E-state index in [-0.39, 0.29) is 10.8 Å². The molecular weight excluding hydrogens is 352 g/mol. The Morgan fingerprint density at radius 3 is 2.50 bits per heavy atom. The number of carbonyl (C=O) groups is 1. The summed E-state index contributed by atoms with van der Waals surface area (Å²) in [5.74, 6) is 0.423. The number of sulfonamides is 1. The molecule has 0 spiro atoms. The number of benzene rings is 2. The molecule has 6 nitrogen and oxygen atoms in total. The predicted molar refractivity (Wildman–Crippen MR) is 102 cm³/mol. The lowest BCUT2D eigenvalue weighted by molar-refractivity contribution is 0.0949. The number of ether oxygens (including phenoxy) is 1. The average molecular weight is 376 g/mol. The van der Waals surface area contributed by atoms with E-state index in [9.17, 15) is 13.2 Å². The molecule has 140 valence electrons. The fraction of sp³-hybridized carbons (Fsp3) is 0.316. The van der Waals surface area contributed by atoms with E-state index in [1.54, 1.807) is 43.3 Å². The van der Waals surface area contributed by atoms with Gasteiger partial charge in [-0.25, -0.2) is 8.42 Å². The Morgan fingerprint density at radius 1 is 1.15 bits per heavy atom. The van der Waals surface area contributed by atoms with Gasteiger partial charge in [-0.15, -0.1) is 0 Å². The van der Waals surface area contributed by atoms with Gasteiger partial charge >= 0.3 is 0 Å². The van der Waals surface area contributed by atoms with Gasteiger partial charge in [-0.2, -0.15) is 0 Å². The first kappa shape index (κ1) is 19.8. The van der Waals surface area contributed by atoms with Gasteiger partial charge in [0, 0.05) is 12.1 Å². The van der Waals surface area contributed by atoms with Crippen molar-refractivity contribution in [2.75, 3.05) is 18.4 Å². The monoisotopic (exact) mass is 376 g/mol. The molecule has 2 N–H and O–H groups in total. The molecule has 26 heavy (non-hydrogen) atoms. The third-order valence-corrected chi connectivity index (χ3v) is 5.27. The normalized spacial score (nSPS) is 11.3. The molecule has 2 aromatic rings. The number of rotatable bonds is 7. The van der Waals surface area contributed by atoms with Gasteiger partial charge < -0.3 is 10.1 Å². The van der Waals surface area contributed by atoms with Crippen LogP contribution in [0.2, 0.25) is 0 Å². The third-order valence-electron chi connectivity index (χ3n) is 3.76. The van der Waals surface area contributed by atoms with Crippen molar-refractivity contribution in [1.29, 1.82) is 0 Å². The summed E-state index contributed by atoms with van der Waals surface area (Å²) in [6.45, 7) is 6.19. The van der Waals surface area contributed by atoms with Gasteiger partial charge in [0.2, 0.25) is 0 Å². The van der Waals surface area contributed by atoms with Gasteiger partial charge in [-0.3, -0.25) is 9.52 Å². The highest BCUT2D eigenvalue weighted by Crippen LogP contribution is 2.27. The highest BCUT2D eigenvalue weighted by atomic mass is 32.2. The minimum absolute atomic E-state index is 0.0561. The first-order valence-electron chi connectivity index (χ1n) is 8.29. The van der Waals surface area contributed by atoms with Crippen LogP contribution in [-0.2, 0) is 10.0 Å². The van der Waals surface area contributed by atoms with Crippen molar-refractivity contribution >= 4 is 21.6 Å². The van der Waals surface area contributed by atoms with Crippen molar-refractivity contribution in [3.05, 3.63) is 53.6 Å². The van der Waals surface area contributed by atoms with Crippen LogP contribution >= 0.6 is 0 Å². The summed E-state index contributed by atoms with van der Waals surface area (Å²) in [5.41, 5.74) is 1.19. The summed E-state index contributed by atoms with van der Waals surface area (Å²) in [6.07, 6.45) is 0. The number of aryl methyl sites for hydroxylation is 1. The van der Waals surface area contributed by atoms with Gasteiger partial charge in [0.05, 0.1) is 17.7 Å². The topological polar surface area (TPSA) is 84.5 Å². The van der Waals surface area contributed by atoms with Crippen molar-refractivity contribution < 1.29 is 17.9 Å². The van der Waals surface area contributed by atoms with Gasteiger partial charge in [0.15, 0.2) is 0 Å². The number of anilines is 1. The van der Waals surface area contributed by atoms with Gasteiger partial charge in [0.25, 0.3) is 15.9 Å². The lowest BCUT2D eigenvalue weighted by Gasteiger charge is -2.14. The molecule has 0 saturated heterocycles. The molecule has 0 bridgehead atoms. The Labute approximate surface area is 154 Å². The number of hydrogen-bond acceptors (Lipinski definition) is 4. The average Bonchev–Trinajstić information content (AvgIpc) is 2.60. The predicted octanol–water partition coefficient (Wildman–Crippen LogP) is 3.19. The second-order valence-corrected chi connectivity index (χ2v) is 8.04. The zero-order chi connectivity index (χ0) is 19.3. The van der Waals surface area contributed by atoms with Crippen molar-refractivity contribution in [3.63, 3.8) is 0 Å². The maximum absolute atomic E-state index is 12.8. The largest absolute Gasteiger partial charge is 0.495 e. The zero-order valence-corrected chi connectivity index (χ0v) is 16.2. The molecule has 7 heteroatoms. The van der Waals surface area contributed by atoms with E-state index in [2.05, 4.69) is 10.0 Å². The third kappa shape index (κ3) is 4.76. The van der Waals surface area contributed by atoms with Crippen LogP contribution < -0.4 is 14.8 Å². The number of methoxy groups -OCH3 is 1. The van der Waals surface area contributed by atoms with Gasteiger partial charge in [-0.05, 0) is 42.7 Å². The smallest absolute Gasteiger partial charge is 0.262 e. The maximum atomic E-state index is 12.8. The second kappa shape index (κ2) is 8.23. The van der Waals surface area contributed by atoms with Crippen molar-refractivity contribution in [3.8, 4) is 5.75 Å². The van der Waals surface area contributed by atoms with Crippen LogP contribution in [0.3, 0.4) is 0 Å². The zero-order valence-electron chi connectivity index (χ0n) is 15.4. The minimum Gasteiger partial charge on any atom is -0.495 e. The number of nitrogens with one attached hydrogen (secondary N) is 2. The molecule has 2 aromatic carbocycles. The minimum atomic E-state index is -3.87. The Kier molecular flexibility index (Phi) is 6.26. The van der Waals surface area contributed by atoms with Crippen LogP contribution in [0.4, 0.5) is 5.69 Å². The van der Waals surface area contributed by atoms with Crippen LogP contribution in [-0.4, -0.2) is 28.0 Å². The van der Waals surface area contributed by atoms with E-state index in [0.29, 0.717) is 35.0 Å². The van der Waals surface area contributed by atoms with E-state index < -0.39 is 10.0 Å². The molecule has 0 radical (unpaired) electrons. The van der Waals surface area contributed by atoms with E-state index in [4.69, 9.17) is 4.74 Å². The summed E-state index contributed by atoms with van der Waals surface area (Å²) in [4.78, 5) is 12.3. The number of hydrogen-bond donors (Lipinski definition) is 2. The molecule has 0 saturated carbocycles. The summed E-state index contributed by atoms with van der Waals surface area (Å²) in [7, 11) is -2.40. The van der Waals surface area contributed by atoms with Crippen molar-refractivity contribution in [2.45, 2.75) is 25.7 Å². The quantitative estimate of drug-likeness (QED) is 0.777. The summed E-state index contributed by atoms with van der Waals surface area (Å²) < 4.78 is 33.4. The van der Waals surface area contributed by atoms with Crippen LogP contribution in [0.25, 0.3) is 0 Å². The molecule has 0 aliphatic rings. The molecule has 0 aliphatic heterocycles. The Bertz CT molecular complexity index is 892. The van der Waals surface area contributed by atoms with Crippen LogP contribution in [0.1, 0.15) is 29.8 Å². The maximum Gasteiger partial charge on any atom is 0.262 e. The van der Waals surface area contributed by atoms with Crippen molar-refractivity contribution in [1.82, 2.24) is 5.32 Å². The van der Waals surface area contributed by atoms with Gasteiger partial charge in [0.1, 0.15) is 5.75 Å². The molecule has 0 aliphatic carbocycles. The summed E-state index contributed by atoms with van der Waals surface area (Å²) in [5, 5.41) is 2.79. The van der Waals surface area contributed by atoms with E-state index >= 15 is 0 Å². The lowest BCUT2D eigenvalue weighted by atomic mass is 10.1. The van der Waals surface area contributed by atoms with Crippen molar-refractivity contribution in [2.24, 2.45) is 5.92 Å². The fourth-order valence-corrected chi connectivity index (χ4v) is 3.70. The Hall–Kier alpha value is -2.54. The van der Waals surface area contributed by atoms with Crippen LogP contribution in [0.5, 0.6) is 5.75 Å². The first-order valence-corrected chi connectivity index (χ1v) is 9.77. The lowest BCUT2D eigenvalue weighted by Crippen LogP contribution is -2.27. The highest BCUT2D eigenvalue weighted by molar-refractivity contribution is 7.92. The molecule has 0 aromatic heterocycles. The van der Waals surface area contributed by atoms with Crippen LogP contribution in [0, 0.1) is 12.8 Å². The molecule has 2 rings (SSSR count). The molecular formula is C19H24N2O4S. The van der Waals surface area contributed by atoms with Crippen LogP contribution in [0.15, 0.2) is 47.4 Å². The van der Waals surface area contributed by atoms with E-state index in [1.807, 2.05) is 13.8 Å². The fourth-order valence-electron chi connectivity index (χ4n) is 2.36. The first-order chi connectivity index (χ1) is 12.2. The number of para-hydroxylation sites is 2. The van der Waals surface area contributed by atoms with E-state index in [0.717, 1.165) is 0 Å². The second-order valence-electron chi connectivity index (χ2n) is 6.39. The van der Waals surface area contributed by atoms with E-state index in [1.165, 1.54) is 13.2 Å². The molecule has 0 heterocycles. The number of carbonyl (C=O) groups excluding carboxylic acids is 1. The molecule has 1 amide bonds. The summed E-state index contributed by atoms with van der Waals surface area (Å²) in [6, 6.07) is 11.4. The Morgan fingerprint density at radius 2 is 1.85 bits per heavy atom.